The Labute approximate surface area is 102 Å². The lowest BCUT2D eigenvalue weighted by atomic mass is 10.2. The van der Waals surface area contributed by atoms with E-state index in [4.69, 9.17) is 5.11 Å². The number of nitrogens with zero attached hydrogens (tertiary/aromatic N) is 1. The van der Waals surface area contributed by atoms with Crippen LogP contribution in [0.2, 0.25) is 0 Å². The maximum atomic E-state index is 12.6. The largest absolute Gasteiger partial charge is 0.573 e. The summed E-state index contributed by atoms with van der Waals surface area (Å²) in [6.07, 6.45) is -8.49. The number of pyridine rings is 1. The molecule has 106 valence electrons. The van der Waals surface area contributed by atoms with Crippen molar-refractivity contribution in [3.05, 3.63) is 17.3 Å². The molecule has 0 bridgehead atoms. The first-order chi connectivity index (χ1) is 8.65. The molecule has 10 heteroatoms. The first-order valence-corrected chi connectivity index (χ1v) is 4.51. The Morgan fingerprint density at radius 2 is 2.00 bits per heavy atom. The molecular weight excluding hydrogens is 281 g/mol. The molecule has 19 heavy (non-hydrogen) atoms. The summed E-state index contributed by atoms with van der Waals surface area (Å²) in [6.45, 7) is 0. The van der Waals surface area contributed by atoms with Gasteiger partial charge in [-0.3, -0.25) is 0 Å². The normalized spacial score (nSPS) is 11.5. The number of rotatable bonds is 4. The van der Waals surface area contributed by atoms with E-state index in [0.29, 0.717) is 0 Å². The van der Waals surface area contributed by atoms with Crippen molar-refractivity contribution in [1.29, 1.82) is 0 Å². The third-order valence-electron chi connectivity index (χ3n) is 1.84. The van der Waals surface area contributed by atoms with E-state index in [1.165, 1.54) is 0 Å². The highest BCUT2D eigenvalue weighted by molar-refractivity contribution is 5.87. The molecule has 0 saturated heterocycles. The number of carboxylic acids is 1. The number of aromatic nitrogens is 1. The molecule has 0 unspecified atom stereocenters. The first kappa shape index (κ1) is 14.9. The number of halogens is 5. The number of methoxy groups -OCH3 is 1. The molecule has 5 nitrogen and oxygen atoms in total. The maximum absolute atomic E-state index is 12.6. The number of carboxylic acid groups (broad SMARTS) is 1. The Morgan fingerprint density at radius 3 is 2.37 bits per heavy atom. The minimum atomic E-state index is -5.15. The summed E-state index contributed by atoms with van der Waals surface area (Å²) in [5.74, 6) is -3.83. The third kappa shape index (κ3) is 3.66. The van der Waals surface area contributed by atoms with Gasteiger partial charge in [-0.15, -0.1) is 13.2 Å². The summed E-state index contributed by atoms with van der Waals surface area (Å²) in [5.41, 5.74) is -2.31. The van der Waals surface area contributed by atoms with Crippen molar-refractivity contribution in [3.63, 3.8) is 0 Å². The van der Waals surface area contributed by atoms with Crippen molar-refractivity contribution >= 4 is 5.97 Å². The van der Waals surface area contributed by atoms with Crippen LogP contribution in [0.25, 0.3) is 0 Å². The molecule has 1 rings (SSSR count). The van der Waals surface area contributed by atoms with Crippen LogP contribution in [-0.4, -0.2) is 29.5 Å². The van der Waals surface area contributed by atoms with Gasteiger partial charge in [0.25, 0.3) is 12.3 Å². The second-order valence-electron chi connectivity index (χ2n) is 3.09. The first-order valence-electron chi connectivity index (χ1n) is 4.51. The van der Waals surface area contributed by atoms with Crippen LogP contribution in [-0.2, 0) is 0 Å². The molecule has 0 saturated carbocycles. The highest BCUT2D eigenvalue weighted by Crippen LogP contribution is 2.35. The van der Waals surface area contributed by atoms with Crippen molar-refractivity contribution in [2.45, 2.75) is 12.8 Å². The fourth-order valence-corrected chi connectivity index (χ4v) is 1.17. The molecule has 0 aromatic carbocycles. The number of alkyl halides is 5. The number of carbonyl (C=O) groups is 1. The molecule has 0 aliphatic rings. The molecule has 0 aliphatic heterocycles. The van der Waals surface area contributed by atoms with Crippen LogP contribution in [0.4, 0.5) is 22.0 Å². The molecule has 1 aromatic heterocycles. The molecule has 1 aromatic rings. The van der Waals surface area contributed by atoms with Gasteiger partial charge < -0.3 is 14.6 Å². The van der Waals surface area contributed by atoms with Crippen LogP contribution in [0.1, 0.15) is 22.5 Å². The fourth-order valence-electron chi connectivity index (χ4n) is 1.17. The second kappa shape index (κ2) is 5.24. The van der Waals surface area contributed by atoms with Crippen LogP contribution in [0.5, 0.6) is 11.6 Å². The topological polar surface area (TPSA) is 68.7 Å². The minimum absolute atomic E-state index is 0.230. The summed E-state index contributed by atoms with van der Waals surface area (Å²) in [6, 6.07) is 0.230. The fraction of sp³-hybridized carbons (Fsp3) is 0.333. The van der Waals surface area contributed by atoms with E-state index in [9.17, 15) is 26.7 Å². The van der Waals surface area contributed by atoms with Crippen molar-refractivity contribution < 1.29 is 41.3 Å². The number of hydrogen-bond acceptors (Lipinski definition) is 4. The van der Waals surface area contributed by atoms with E-state index < -0.39 is 41.6 Å². The second-order valence-corrected chi connectivity index (χ2v) is 3.09. The predicted molar refractivity (Wildman–Crippen MR) is 49.4 cm³/mol. The summed E-state index contributed by atoms with van der Waals surface area (Å²) in [5, 5.41) is 8.64. The summed E-state index contributed by atoms with van der Waals surface area (Å²) in [4.78, 5) is 13.7. The summed E-state index contributed by atoms with van der Waals surface area (Å²) >= 11 is 0. The van der Waals surface area contributed by atoms with Crippen molar-refractivity contribution in [2.24, 2.45) is 0 Å². The van der Waals surface area contributed by atoms with Gasteiger partial charge in [-0.1, -0.05) is 0 Å². The van der Waals surface area contributed by atoms with E-state index in [1.54, 1.807) is 0 Å². The molecule has 0 amide bonds. The van der Waals surface area contributed by atoms with E-state index in [2.05, 4.69) is 14.5 Å². The van der Waals surface area contributed by atoms with Crippen LogP contribution in [0.15, 0.2) is 6.07 Å². The van der Waals surface area contributed by atoms with E-state index in [-0.39, 0.29) is 6.07 Å². The molecule has 0 atom stereocenters. The van der Waals surface area contributed by atoms with E-state index in [1.807, 2.05) is 0 Å². The molecular formula is C9H6F5NO4. The highest BCUT2D eigenvalue weighted by Gasteiger charge is 2.34. The van der Waals surface area contributed by atoms with Crippen molar-refractivity contribution in [2.75, 3.05) is 7.11 Å². The van der Waals surface area contributed by atoms with E-state index >= 15 is 0 Å². The monoisotopic (exact) mass is 287 g/mol. The quantitative estimate of drug-likeness (QED) is 0.862. The number of aromatic carboxylic acids is 1. The standard InChI is InChI=1S/C9H6F5NO4/c1-18-7-4(19-9(12,13)14)2-3(6(10)11)5(15-7)8(16)17/h2,6H,1H3,(H,16,17). The molecule has 1 heterocycles. The molecule has 0 spiro atoms. The van der Waals surface area contributed by atoms with Crippen LogP contribution in [0, 0.1) is 0 Å². The van der Waals surface area contributed by atoms with Gasteiger partial charge in [-0.2, -0.15) is 0 Å². The lowest BCUT2D eigenvalue weighted by Gasteiger charge is -2.14. The van der Waals surface area contributed by atoms with Crippen molar-refractivity contribution in [1.82, 2.24) is 4.98 Å². The van der Waals surface area contributed by atoms with Gasteiger partial charge >= 0.3 is 12.3 Å². The molecule has 0 radical (unpaired) electrons. The Balaban J connectivity index is 3.39. The average molecular weight is 287 g/mol. The van der Waals surface area contributed by atoms with Gasteiger partial charge in [0.2, 0.25) is 0 Å². The van der Waals surface area contributed by atoms with Gasteiger partial charge in [0.05, 0.1) is 12.7 Å². The van der Waals surface area contributed by atoms with Crippen LogP contribution >= 0.6 is 0 Å². The van der Waals surface area contributed by atoms with Gasteiger partial charge in [-0.05, 0) is 6.07 Å². The predicted octanol–water partition coefficient (Wildman–Crippen LogP) is 2.62. The van der Waals surface area contributed by atoms with Crippen LogP contribution < -0.4 is 9.47 Å². The van der Waals surface area contributed by atoms with Gasteiger partial charge in [0.1, 0.15) is 0 Å². The zero-order valence-electron chi connectivity index (χ0n) is 9.16. The van der Waals surface area contributed by atoms with Gasteiger partial charge in [-0.25, -0.2) is 18.6 Å². The maximum Gasteiger partial charge on any atom is 0.573 e. The zero-order chi connectivity index (χ0) is 14.8. The van der Waals surface area contributed by atoms with E-state index in [0.717, 1.165) is 7.11 Å². The smallest absolute Gasteiger partial charge is 0.478 e. The Kier molecular flexibility index (Phi) is 4.12. The highest BCUT2D eigenvalue weighted by atomic mass is 19.4. The Bertz CT molecular complexity index is 488. The molecule has 1 N–H and O–H groups in total. The Morgan fingerprint density at radius 1 is 1.42 bits per heavy atom. The number of hydrogen-bond donors (Lipinski definition) is 1. The van der Waals surface area contributed by atoms with Crippen LogP contribution in [0.3, 0.4) is 0 Å². The number of ether oxygens (including phenoxy) is 2. The zero-order valence-corrected chi connectivity index (χ0v) is 9.16. The summed E-state index contributed by atoms with van der Waals surface area (Å²) in [7, 11) is 0.888. The SMILES string of the molecule is COc1nc(C(=O)O)c(C(F)F)cc1OC(F)(F)F. The third-order valence-corrected chi connectivity index (χ3v) is 1.84. The molecule has 0 fully saturated rings. The average Bonchev–Trinajstić information content (AvgIpc) is 2.25. The summed E-state index contributed by atoms with van der Waals surface area (Å²) < 4.78 is 69.0. The van der Waals surface area contributed by atoms with Gasteiger partial charge in [0.15, 0.2) is 11.4 Å². The lowest BCUT2D eigenvalue weighted by molar-refractivity contribution is -0.275. The van der Waals surface area contributed by atoms with Gasteiger partial charge in [0, 0.05) is 0 Å². The molecule has 0 aliphatic carbocycles. The van der Waals surface area contributed by atoms with Crippen molar-refractivity contribution in [3.8, 4) is 11.6 Å². The lowest BCUT2D eigenvalue weighted by Crippen LogP contribution is -2.19. The Hall–Kier alpha value is -2.13. The minimum Gasteiger partial charge on any atom is -0.478 e.